The smallest absolute Gasteiger partial charge is 0.0274 e. The third-order valence-electron chi connectivity index (χ3n) is 6.17. The Morgan fingerprint density at radius 3 is 2.32 bits per heavy atom. The van der Waals surface area contributed by atoms with E-state index < -0.39 is 0 Å². The van der Waals surface area contributed by atoms with Gasteiger partial charge in [-0.05, 0) is 56.0 Å². The van der Waals surface area contributed by atoms with Crippen molar-refractivity contribution in [1.82, 2.24) is 10.2 Å². The molecule has 0 radical (unpaired) electrons. The molecule has 2 heteroatoms. The highest BCUT2D eigenvalue weighted by Gasteiger charge is 2.47. The van der Waals surface area contributed by atoms with E-state index in [9.17, 15) is 0 Å². The van der Waals surface area contributed by atoms with E-state index in [1.165, 1.54) is 45.2 Å². The van der Waals surface area contributed by atoms with Gasteiger partial charge in [-0.15, -0.1) is 0 Å². The molecule has 0 aromatic heterocycles. The van der Waals surface area contributed by atoms with E-state index in [-0.39, 0.29) is 0 Å². The Hall–Kier alpha value is -0.0800. The summed E-state index contributed by atoms with van der Waals surface area (Å²) in [6.45, 7) is 15.7. The van der Waals surface area contributed by atoms with Gasteiger partial charge in [-0.2, -0.15) is 0 Å². The molecule has 2 aliphatic rings. The molecule has 1 saturated heterocycles. The second kappa shape index (κ2) is 5.73. The van der Waals surface area contributed by atoms with Gasteiger partial charge < -0.3 is 5.32 Å². The summed E-state index contributed by atoms with van der Waals surface area (Å²) in [5, 5.41) is 3.78. The second-order valence-electron chi connectivity index (χ2n) is 7.56. The first-order valence-electron chi connectivity index (χ1n) is 8.45. The predicted molar refractivity (Wildman–Crippen MR) is 83.5 cm³/mol. The van der Waals surface area contributed by atoms with E-state index in [0.29, 0.717) is 16.9 Å². The first kappa shape index (κ1) is 15.3. The molecular formula is C17H34N2. The molecule has 1 saturated carbocycles. The van der Waals surface area contributed by atoms with Crippen LogP contribution in [0.2, 0.25) is 0 Å². The van der Waals surface area contributed by atoms with Crippen LogP contribution in [0.1, 0.15) is 66.7 Å². The van der Waals surface area contributed by atoms with Gasteiger partial charge in [0.2, 0.25) is 0 Å². The first-order valence-corrected chi connectivity index (χ1v) is 8.45. The highest BCUT2D eigenvalue weighted by Crippen LogP contribution is 2.44. The molecule has 1 heterocycles. The Morgan fingerprint density at radius 1 is 1.11 bits per heavy atom. The molecule has 0 bridgehead atoms. The van der Waals surface area contributed by atoms with Crippen LogP contribution >= 0.6 is 0 Å². The van der Waals surface area contributed by atoms with Crippen molar-refractivity contribution in [2.45, 2.75) is 78.8 Å². The van der Waals surface area contributed by atoms with Crippen LogP contribution in [0.5, 0.6) is 0 Å². The van der Waals surface area contributed by atoms with E-state index in [1.807, 2.05) is 0 Å². The average molecular weight is 266 g/mol. The van der Waals surface area contributed by atoms with Gasteiger partial charge in [-0.25, -0.2) is 0 Å². The minimum atomic E-state index is 0.463. The zero-order chi connectivity index (χ0) is 14.1. The van der Waals surface area contributed by atoms with Crippen molar-refractivity contribution < 1.29 is 0 Å². The monoisotopic (exact) mass is 266 g/mol. The molecule has 0 aromatic carbocycles. The Kier molecular flexibility index (Phi) is 4.62. The van der Waals surface area contributed by atoms with Crippen LogP contribution < -0.4 is 5.32 Å². The molecule has 2 atom stereocenters. The van der Waals surface area contributed by atoms with Gasteiger partial charge in [0.05, 0.1) is 0 Å². The molecule has 1 aliphatic heterocycles. The van der Waals surface area contributed by atoms with Crippen LogP contribution in [-0.4, -0.2) is 36.6 Å². The molecule has 19 heavy (non-hydrogen) atoms. The Morgan fingerprint density at radius 2 is 1.79 bits per heavy atom. The Bertz CT molecular complexity index is 294. The van der Waals surface area contributed by atoms with E-state index in [1.54, 1.807) is 0 Å². The Labute approximate surface area is 120 Å². The van der Waals surface area contributed by atoms with Crippen molar-refractivity contribution >= 4 is 0 Å². The van der Waals surface area contributed by atoms with E-state index in [2.05, 4.69) is 44.8 Å². The van der Waals surface area contributed by atoms with Crippen LogP contribution in [0.25, 0.3) is 0 Å². The number of hydrogen-bond acceptors (Lipinski definition) is 2. The number of nitrogens with one attached hydrogen (secondary N) is 1. The molecule has 1 aliphatic carbocycles. The normalized spacial score (nSPS) is 33.9. The maximum atomic E-state index is 3.78. The lowest BCUT2D eigenvalue weighted by molar-refractivity contribution is 0.149. The minimum Gasteiger partial charge on any atom is -0.312 e. The van der Waals surface area contributed by atoms with Gasteiger partial charge in [-0.3, -0.25) is 4.90 Å². The highest BCUT2D eigenvalue weighted by molar-refractivity contribution is 5.03. The van der Waals surface area contributed by atoms with Crippen LogP contribution in [0, 0.1) is 10.8 Å². The Balaban J connectivity index is 2.06. The summed E-state index contributed by atoms with van der Waals surface area (Å²) in [7, 11) is 0. The summed E-state index contributed by atoms with van der Waals surface area (Å²) in [4.78, 5) is 2.81. The fourth-order valence-electron chi connectivity index (χ4n) is 4.47. The lowest BCUT2D eigenvalue weighted by Gasteiger charge is -2.37. The molecule has 1 N–H and O–H groups in total. The van der Waals surface area contributed by atoms with Crippen LogP contribution in [0.3, 0.4) is 0 Å². The van der Waals surface area contributed by atoms with E-state index >= 15 is 0 Å². The summed E-state index contributed by atoms with van der Waals surface area (Å²) < 4.78 is 0. The molecule has 0 amide bonds. The number of rotatable bonds is 5. The van der Waals surface area contributed by atoms with Crippen molar-refractivity contribution in [3.05, 3.63) is 0 Å². The molecule has 112 valence electrons. The van der Waals surface area contributed by atoms with Gasteiger partial charge in [0.1, 0.15) is 0 Å². The van der Waals surface area contributed by atoms with Crippen molar-refractivity contribution in [1.29, 1.82) is 0 Å². The summed E-state index contributed by atoms with van der Waals surface area (Å²) in [5.41, 5.74) is 1.08. The third-order valence-corrected chi connectivity index (χ3v) is 6.17. The summed E-state index contributed by atoms with van der Waals surface area (Å²) in [6, 6.07) is 1.46. The van der Waals surface area contributed by atoms with Crippen LogP contribution in [-0.2, 0) is 0 Å². The van der Waals surface area contributed by atoms with Gasteiger partial charge in [0.15, 0.2) is 0 Å². The standard InChI is InChI=1S/C17H34N2/c1-6-17(7-2)11-12-19(13-17)14-9-10-16(4,5)15(14)18-8-3/h14-15,18H,6-13H2,1-5H3. The summed E-state index contributed by atoms with van der Waals surface area (Å²) in [6.07, 6.45) is 6.87. The molecule has 0 aromatic rings. The molecule has 2 rings (SSSR count). The van der Waals surface area contributed by atoms with Gasteiger partial charge in [0, 0.05) is 18.6 Å². The number of likely N-dealkylation sites (tertiary alicyclic amines) is 1. The zero-order valence-electron chi connectivity index (χ0n) is 13.8. The fourth-order valence-corrected chi connectivity index (χ4v) is 4.47. The van der Waals surface area contributed by atoms with Gasteiger partial charge >= 0.3 is 0 Å². The predicted octanol–water partition coefficient (Wildman–Crippen LogP) is 3.67. The molecule has 0 spiro atoms. The van der Waals surface area contributed by atoms with Gasteiger partial charge in [0.25, 0.3) is 0 Å². The molecule has 2 fully saturated rings. The van der Waals surface area contributed by atoms with Crippen molar-refractivity contribution in [3.63, 3.8) is 0 Å². The number of nitrogens with zero attached hydrogens (tertiary/aromatic N) is 1. The van der Waals surface area contributed by atoms with Gasteiger partial charge in [-0.1, -0.05) is 34.6 Å². The lowest BCUT2D eigenvalue weighted by Crippen LogP contribution is -2.51. The fraction of sp³-hybridized carbons (Fsp3) is 1.00. The summed E-state index contributed by atoms with van der Waals surface area (Å²) >= 11 is 0. The lowest BCUT2D eigenvalue weighted by atomic mass is 9.81. The average Bonchev–Trinajstić information content (AvgIpc) is 2.94. The SMILES string of the molecule is CCNC1C(N2CCC(CC)(CC)C2)CCC1(C)C. The minimum absolute atomic E-state index is 0.463. The maximum Gasteiger partial charge on any atom is 0.0274 e. The first-order chi connectivity index (χ1) is 8.98. The zero-order valence-corrected chi connectivity index (χ0v) is 13.8. The van der Waals surface area contributed by atoms with Crippen LogP contribution in [0.15, 0.2) is 0 Å². The quantitative estimate of drug-likeness (QED) is 0.817. The number of likely N-dealkylation sites (N-methyl/N-ethyl adjacent to an activating group) is 1. The second-order valence-corrected chi connectivity index (χ2v) is 7.56. The van der Waals surface area contributed by atoms with Crippen molar-refractivity contribution in [2.24, 2.45) is 10.8 Å². The topological polar surface area (TPSA) is 15.3 Å². The van der Waals surface area contributed by atoms with Crippen molar-refractivity contribution in [2.75, 3.05) is 19.6 Å². The van der Waals surface area contributed by atoms with E-state index in [4.69, 9.17) is 0 Å². The van der Waals surface area contributed by atoms with Crippen molar-refractivity contribution in [3.8, 4) is 0 Å². The summed E-state index contributed by atoms with van der Waals surface area (Å²) in [5.74, 6) is 0. The van der Waals surface area contributed by atoms with E-state index in [0.717, 1.165) is 12.6 Å². The largest absolute Gasteiger partial charge is 0.312 e. The number of hydrogen-bond donors (Lipinski definition) is 1. The third kappa shape index (κ3) is 2.85. The van der Waals surface area contributed by atoms with Crippen LogP contribution in [0.4, 0.5) is 0 Å². The molecule has 2 nitrogen and oxygen atoms in total. The highest BCUT2D eigenvalue weighted by atomic mass is 15.2. The molecular weight excluding hydrogens is 232 g/mol. The maximum absolute atomic E-state index is 3.78. The molecule has 2 unspecified atom stereocenters.